The van der Waals surface area contributed by atoms with Crippen LogP contribution in [-0.2, 0) is 11.2 Å². The fourth-order valence-electron chi connectivity index (χ4n) is 1.42. The van der Waals surface area contributed by atoms with Gasteiger partial charge in [0.2, 0.25) is 5.91 Å². The number of carbonyl (C=O) groups is 1. The van der Waals surface area contributed by atoms with Gasteiger partial charge in [0.25, 0.3) is 0 Å². The number of aliphatic hydroxyl groups excluding tert-OH is 2. The number of hydrogen-bond donors (Lipinski definition) is 3. The van der Waals surface area contributed by atoms with Crippen molar-refractivity contribution in [2.45, 2.75) is 12.5 Å². The second kappa shape index (κ2) is 8.97. The van der Waals surface area contributed by atoms with Crippen LogP contribution in [0.3, 0.4) is 0 Å². The second-order valence-electron chi connectivity index (χ2n) is 3.92. The van der Waals surface area contributed by atoms with Gasteiger partial charge in [-0.25, -0.2) is 0 Å². The first kappa shape index (κ1) is 15.0. The summed E-state index contributed by atoms with van der Waals surface area (Å²) in [6.07, 6.45) is 0.933. The molecule has 0 atom stereocenters. The fraction of sp³-hybridized carbons (Fsp3) is 0.462. The largest absolute Gasteiger partial charge is 0.394 e. The zero-order valence-corrected chi connectivity index (χ0v) is 11.0. The summed E-state index contributed by atoms with van der Waals surface area (Å²) in [5.41, 5.74) is 1.26. The van der Waals surface area contributed by atoms with Gasteiger partial charge in [-0.15, -0.1) is 0 Å². The van der Waals surface area contributed by atoms with Gasteiger partial charge in [0, 0.05) is 0 Å². The van der Waals surface area contributed by atoms with Crippen LogP contribution in [0.2, 0.25) is 0 Å². The quantitative estimate of drug-likeness (QED) is 0.599. The Labute approximate surface area is 111 Å². The van der Waals surface area contributed by atoms with Crippen molar-refractivity contribution in [3.05, 3.63) is 35.9 Å². The molecule has 3 N–H and O–H groups in total. The van der Waals surface area contributed by atoms with E-state index < -0.39 is 6.04 Å². The van der Waals surface area contributed by atoms with Crippen LogP contribution in [0.1, 0.15) is 5.56 Å². The average Bonchev–Trinajstić information content (AvgIpc) is 2.42. The van der Waals surface area contributed by atoms with Crippen molar-refractivity contribution in [2.75, 3.05) is 24.7 Å². The maximum atomic E-state index is 11.4. The Morgan fingerprint density at radius 1 is 1.22 bits per heavy atom. The van der Waals surface area contributed by atoms with Crippen LogP contribution in [0.4, 0.5) is 0 Å². The molecule has 0 aromatic heterocycles. The molecule has 0 radical (unpaired) electrons. The molecule has 5 heteroatoms. The first-order valence-corrected chi connectivity index (χ1v) is 7.04. The maximum absolute atomic E-state index is 11.4. The van der Waals surface area contributed by atoms with E-state index >= 15 is 0 Å². The predicted molar refractivity (Wildman–Crippen MR) is 73.6 cm³/mol. The molecule has 0 heterocycles. The van der Waals surface area contributed by atoms with Gasteiger partial charge in [-0.05, 0) is 17.7 Å². The molecule has 1 aromatic rings. The van der Waals surface area contributed by atoms with E-state index in [1.54, 1.807) is 11.8 Å². The maximum Gasteiger partial charge on any atom is 0.230 e. The zero-order valence-electron chi connectivity index (χ0n) is 10.2. The summed E-state index contributed by atoms with van der Waals surface area (Å²) in [7, 11) is 0. The molecule has 0 aliphatic carbocycles. The van der Waals surface area contributed by atoms with Crippen LogP contribution in [-0.4, -0.2) is 46.9 Å². The van der Waals surface area contributed by atoms with Gasteiger partial charge in [-0.3, -0.25) is 4.79 Å². The molecule has 0 spiro atoms. The Balaban J connectivity index is 2.12. The molecule has 0 aliphatic heterocycles. The van der Waals surface area contributed by atoms with E-state index in [0.29, 0.717) is 5.75 Å². The lowest BCUT2D eigenvalue weighted by molar-refractivity contribution is -0.119. The SMILES string of the molecule is O=C(CSCCc1ccccc1)NC(CO)CO. The monoisotopic (exact) mass is 269 g/mol. The Hall–Kier alpha value is -1.04. The minimum absolute atomic E-state index is 0.152. The number of thioether (sulfide) groups is 1. The molecule has 4 nitrogen and oxygen atoms in total. The Kier molecular flexibility index (Phi) is 7.48. The van der Waals surface area contributed by atoms with Crippen molar-refractivity contribution >= 4 is 17.7 Å². The number of aryl methyl sites for hydroxylation is 1. The number of carbonyl (C=O) groups excluding carboxylic acids is 1. The third-order valence-electron chi connectivity index (χ3n) is 2.42. The molecule has 0 bridgehead atoms. The first-order valence-electron chi connectivity index (χ1n) is 5.89. The van der Waals surface area contributed by atoms with Crippen LogP contribution < -0.4 is 5.32 Å². The minimum Gasteiger partial charge on any atom is -0.394 e. The van der Waals surface area contributed by atoms with Crippen LogP contribution in [0.5, 0.6) is 0 Å². The summed E-state index contributed by atoms with van der Waals surface area (Å²) in [6, 6.07) is 9.56. The van der Waals surface area contributed by atoms with Gasteiger partial charge in [-0.1, -0.05) is 30.3 Å². The zero-order chi connectivity index (χ0) is 13.2. The minimum atomic E-state index is -0.549. The van der Waals surface area contributed by atoms with Gasteiger partial charge >= 0.3 is 0 Å². The molecule has 0 aliphatic rings. The van der Waals surface area contributed by atoms with E-state index in [-0.39, 0.29) is 19.1 Å². The van der Waals surface area contributed by atoms with Gasteiger partial charge < -0.3 is 15.5 Å². The topological polar surface area (TPSA) is 69.6 Å². The Morgan fingerprint density at radius 2 is 1.89 bits per heavy atom. The number of amides is 1. The highest BCUT2D eigenvalue weighted by Gasteiger charge is 2.09. The van der Waals surface area contributed by atoms with Gasteiger partial charge in [-0.2, -0.15) is 11.8 Å². The predicted octanol–water partition coefficient (Wildman–Crippen LogP) is 0.432. The normalized spacial score (nSPS) is 10.6. The summed E-state index contributed by atoms with van der Waals surface area (Å²) in [4.78, 5) is 11.4. The van der Waals surface area contributed by atoms with E-state index in [9.17, 15) is 4.79 Å². The number of aliphatic hydroxyl groups is 2. The summed E-state index contributed by atoms with van der Waals surface area (Å²) in [6.45, 7) is -0.478. The van der Waals surface area contributed by atoms with E-state index in [0.717, 1.165) is 12.2 Å². The van der Waals surface area contributed by atoms with E-state index in [1.165, 1.54) is 5.56 Å². The molecule has 1 rings (SSSR count). The molecule has 0 fully saturated rings. The highest BCUT2D eigenvalue weighted by Crippen LogP contribution is 2.06. The van der Waals surface area contributed by atoms with Crippen molar-refractivity contribution < 1.29 is 15.0 Å². The molecule has 1 aromatic carbocycles. The van der Waals surface area contributed by atoms with E-state index in [4.69, 9.17) is 10.2 Å². The molecule has 1 amide bonds. The molecule has 100 valence electrons. The highest BCUT2D eigenvalue weighted by atomic mass is 32.2. The van der Waals surface area contributed by atoms with Gasteiger partial charge in [0.05, 0.1) is 25.0 Å². The van der Waals surface area contributed by atoms with Gasteiger partial charge in [0.15, 0.2) is 0 Å². The van der Waals surface area contributed by atoms with E-state index in [1.807, 2.05) is 18.2 Å². The second-order valence-corrected chi connectivity index (χ2v) is 5.02. The number of nitrogens with one attached hydrogen (secondary N) is 1. The molecular weight excluding hydrogens is 250 g/mol. The summed E-state index contributed by atoms with van der Waals surface area (Å²) < 4.78 is 0. The number of benzene rings is 1. The Bertz CT molecular complexity index is 341. The first-order chi connectivity index (χ1) is 8.76. The lowest BCUT2D eigenvalue weighted by atomic mass is 10.2. The van der Waals surface area contributed by atoms with Crippen molar-refractivity contribution in [3.63, 3.8) is 0 Å². The molecule has 0 unspecified atom stereocenters. The highest BCUT2D eigenvalue weighted by molar-refractivity contribution is 7.99. The molecular formula is C13H19NO3S. The summed E-state index contributed by atoms with van der Waals surface area (Å²) in [5.74, 6) is 1.07. The van der Waals surface area contributed by atoms with Crippen molar-refractivity contribution in [1.82, 2.24) is 5.32 Å². The third kappa shape index (κ3) is 6.05. The number of hydrogen-bond acceptors (Lipinski definition) is 4. The summed E-state index contributed by atoms with van der Waals surface area (Å²) >= 11 is 1.54. The lowest BCUT2D eigenvalue weighted by Crippen LogP contribution is -2.41. The van der Waals surface area contributed by atoms with Crippen molar-refractivity contribution in [3.8, 4) is 0 Å². The van der Waals surface area contributed by atoms with Crippen LogP contribution >= 0.6 is 11.8 Å². The fourth-order valence-corrected chi connectivity index (χ4v) is 2.21. The summed E-state index contributed by atoms with van der Waals surface area (Å²) in [5, 5.41) is 20.2. The standard InChI is InChI=1S/C13H19NO3S/c15-8-12(9-16)14-13(17)10-18-7-6-11-4-2-1-3-5-11/h1-5,12,15-16H,6-10H2,(H,14,17). The number of rotatable bonds is 8. The van der Waals surface area contributed by atoms with Crippen LogP contribution in [0.15, 0.2) is 30.3 Å². The van der Waals surface area contributed by atoms with Crippen molar-refractivity contribution in [1.29, 1.82) is 0 Å². The molecule has 0 saturated heterocycles. The molecule has 18 heavy (non-hydrogen) atoms. The Morgan fingerprint density at radius 3 is 2.50 bits per heavy atom. The smallest absolute Gasteiger partial charge is 0.230 e. The third-order valence-corrected chi connectivity index (χ3v) is 3.38. The van der Waals surface area contributed by atoms with Crippen LogP contribution in [0, 0.1) is 0 Å². The molecule has 0 saturated carbocycles. The average molecular weight is 269 g/mol. The van der Waals surface area contributed by atoms with Gasteiger partial charge in [0.1, 0.15) is 0 Å². The van der Waals surface area contributed by atoms with Crippen molar-refractivity contribution in [2.24, 2.45) is 0 Å². The van der Waals surface area contributed by atoms with E-state index in [2.05, 4.69) is 17.4 Å². The van der Waals surface area contributed by atoms with Crippen LogP contribution in [0.25, 0.3) is 0 Å². The lowest BCUT2D eigenvalue weighted by Gasteiger charge is -2.12.